The van der Waals surface area contributed by atoms with Crippen molar-refractivity contribution in [3.63, 3.8) is 0 Å². The summed E-state index contributed by atoms with van der Waals surface area (Å²) in [4.78, 5) is 43.4. The second-order valence-electron chi connectivity index (χ2n) is 6.98. The molecule has 0 unspecified atom stereocenters. The molecule has 2 aromatic carbocycles. The predicted molar refractivity (Wildman–Crippen MR) is 125 cm³/mol. The predicted octanol–water partition coefficient (Wildman–Crippen LogP) is 3.88. The average Bonchev–Trinajstić information content (AvgIpc) is 2.74. The molecule has 0 saturated heterocycles. The number of carbonyl (C=O) groups excluding carboxylic acids is 2. The first-order valence-corrected chi connectivity index (χ1v) is 10.5. The van der Waals surface area contributed by atoms with E-state index in [-0.39, 0.29) is 11.6 Å². The van der Waals surface area contributed by atoms with Gasteiger partial charge in [-0.05, 0) is 62.0 Å². The molecule has 1 heterocycles. The van der Waals surface area contributed by atoms with E-state index in [0.717, 1.165) is 23.1 Å². The Morgan fingerprint density at radius 3 is 2.33 bits per heavy atom. The Kier molecular flexibility index (Phi) is 7.46. The minimum absolute atomic E-state index is 0.119. The molecule has 33 heavy (non-hydrogen) atoms. The van der Waals surface area contributed by atoms with Crippen LogP contribution in [-0.2, 0) is 4.79 Å². The van der Waals surface area contributed by atoms with Gasteiger partial charge < -0.3 is 5.32 Å². The summed E-state index contributed by atoms with van der Waals surface area (Å²) in [6.45, 7) is 5.05. The van der Waals surface area contributed by atoms with Crippen LogP contribution in [0.25, 0.3) is 0 Å². The summed E-state index contributed by atoms with van der Waals surface area (Å²) in [7, 11) is 0. The van der Waals surface area contributed by atoms with Crippen LogP contribution in [0.1, 0.15) is 34.2 Å². The molecule has 3 aromatic rings. The summed E-state index contributed by atoms with van der Waals surface area (Å²) in [6.07, 6.45) is 1.32. The van der Waals surface area contributed by atoms with Crippen molar-refractivity contribution < 1.29 is 14.5 Å². The third kappa shape index (κ3) is 6.68. The fourth-order valence-electron chi connectivity index (χ4n) is 2.82. The van der Waals surface area contributed by atoms with Gasteiger partial charge in [0, 0.05) is 41.2 Å². The molecule has 0 spiro atoms. The summed E-state index contributed by atoms with van der Waals surface area (Å²) >= 11 is 1.11. The van der Waals surface area contributed by atoms with Gasteiger partial charge in [-0.15, -0.1) is 0 Å². The molecular weight excluding hydrogens is 444 g/mol. The van der Waals surface area contributed by atoms with Crippen molar-refractivity contribution in [1.29, 1.82) is 0 Å². The van der Waals surface area contributed by atoms with Gasteiger partial charge in [-0.2, -0.15) is 5.10 Å². The number of nitro benzene ring substituents is 1. The molecule has 0 bridgehead atoms. The highest BCUT2D eigenvalue weighted by Crippen LogP contribution is 2.33. The quantitative estimate of drug-likeness (QED) is 0.234. The summed E-state index contributed by atoms with van der Waals surface area (Å²) in [5, 5.41) is 18.5. The summed E-state index contributed by atoms with van der Waals surface area (Å²) in [6, 6.07) is 12.7. The Balaban J connectivity index is 1.70. The molecule has 2 N–H and O–H groups in total. The smallest absolute Gasteiger partial charge is 0.283 e. The van der Waals surface area contributed by atoms with Crippen molar-refractivity contribution in [2.75, 3.05) is 5.32 Å². The Bertz CT molecular complexity index is 1220. The van der Waals surface area contributed by atoms with Crippen LogP contribution >= 0.6 is 11.8 Å². The van der Waals surface area contributed by atoms with Crippen LogP contribution in [0.4, 0.5) is 11.4 Å². The Labute approximate surface area is 193 Å². The van der Waals surface area contributed by atoms with Crippen molar-refractivity contribution >= 4 is 41.2 Å². The molecule has 11 heteroatoms. The van der Waals surface area contributed by atoms with E-state index in [1.54, 1.807) is 36.4 Å². The summed E-state index contributed by atoms with van der Waals surface area (Å²) in [5.74, 6) is -0.675. The van der Waals surface area contributed by atoms with Crippen LogP contribution in [0.5, 0.6) is 0 Å². The number of nitrogens with one attached hydrogen (secondary N) is 2. The normalized spacial score (nSPS) is 10.8. The van der Waals surface area contributed by atoms with E-state index in [1.165, 1.54) is 19.2 Å². The molecule has 168 valence electrons. The van der Waals surface area contributed by atoms with E-state index in [1.807, 2.05) is 19.9 Å². The van der Waals surface area contributed by atoms with E-state index in [0.29, 0.717) is 26.9 Å². The number of hydrogen-bond donors (Lipinski definition) is 2. The first kappa shape index (κ1) is 23.5. The van der Waals surface area contributed by atoms with Gasteiger partial charge in [0.2, 0.25) is 5.91 Å². The lowest BCUT2D eigenvalue weighted by molar-refractivity contribution is -0.387. The molecule has 2 amide bonds. The molecule has 0 aliphatic carbocycles. The van der Waals surface area contributed by atoms with Crippen LogP contribution < -0.4 is 10.7 Å². The highest BCUT2D eigenvalue weighted by atomic mass is 32.2. The van der Waals surface area contributed by atoms with Gasteiger partial charge in [-0.25, -0.2) is 15.4 Å². The van der Waals surface area contributed by atoms with Crippen LogP contribution in [0, 0.1) is 24.0 Å². The topological polar surface area (TPSA) is 139 Å². The van der Waals surface area contributed by atoms with Crippen molar-refractivity contribution in [2.45, 2.75) is 30.8 Å². The summed E-state index contributed by atoms with van der Waals surface area (Å²) in [5.41, 5.74) is 5.15. The number of nitro groups is 1. The SMILES string of the molecule is CC(=O)Nc1ccc(C(=O)N/N=C/c2ccc(Sc3nc(C)cc(C)n3)c([N+](=O)[O-])c2)cc1. The number of amides is 2. The molecule has 3 rings (SSSR count). The first-order chi connectivity index (χ1) is 15.7. The Morgan fingerprint density at radius 2 is 1.73 bits per heavy atom. The fourth-order valence-corrected chi connectivity index (χ4v) is 3.77. The Morgan fingerprint density at radius 1 is 1.06 bits per heavy atom. The lowest BCUT2D eigenvalue weighted by Crippen LogP contribution is -2.17. The zero-order valence-electron chi connectivity index (χ0n) is 18.0. The van der Waals surface area contributed by atoms with Crippen molar-refractivity contribution in [3.8, 4) is 0 Å². The van der Waals surface area contributed by atoms with Crippen LogP contribution in [0.3, 0.4) is 0 Å². The lowest BCUT2D eigenvalue weighted by atomic mass is 10.2. The zero-order valence-corrected chi connectivity index (χ0v) is 18.8. The van der Waals surface area contributed by atoms with Gasteiger partial charge in [0.25, 0.3) is 11.6 Å². The van der Waals surface area contributed by atoms with E-state index >= 15 is 0 Å². The third-order valence-corrected chi connectivity index (χ3v) is 5.12. The fraction of sp³-hybridized carbons (Fsp3) is 0.136. The van der Waals surface area contributed by atoms with Crippen molar-refractivity contribution in [3.05, 3.63) is 81.2 Å². The first-order valence-electron chi connectivity index (χ1n) is 9.71. The number of rotatable bonds is 7. The van der Waals surface area contributed by atoms with Crippen LogP contribution in [-0.4, -0.2) is 32.9 Å². The average molecular weight is 465 g/mol. The number of aryl methyl sites for hydroxylation is 2. The highest BCUT2D eigenvalue weighted by Gasteiger charge is 2.17. The van der Waals surface area contributed by atoms with Gasteiger partial charge in [0.1, 0.15) is 0 Å². The van der Waals surface area contributed by atoms with E-state index in [9.17, 15) is 19.7 Å². The molecular formula is C22H20N6O4S. The van der Waals surface area contributed by atoms with E-state index < -0.39 is 10.8 Å². The van der Waals surface area contributed by atoms with E-state index in [4.69, 9.17) is 0 Å². The second-order valence-corrected chi connectivity index (χ2v) is 7.99. The maximum absolute atomic E-state index is 12.2. The van der Waals surface area contributed by atoms with Gasteiger partial charge >= 0.3 is 0 Å². The second kappa shape index (κ2) is 10.5. The molecule has 0 saturated carbocycles. The van der Waals surface area contributed by atoms with Crippen molar-refractivity contribution in [2.24, 2.45) is 5.10 Å². The largest absolute Gasteiger partial charge is 0.326 e. The highest BCUT2D eigenvalue weighted by molar-refractivity contribution is 7.99. The number of anilines is 1. The Hall–Kier alpha value is -4.12. The molecule has 0 atom stereocenters. The molecule has 1 aromatic heterocycles. The van der Waals surface area contributed by atoms with Crippen LogP contribution in [0.15, 0.2) is 63.7 Å². The standard InChI is InChI=1S/C22H20N6O4S/c1-13-10-14(2)25-22(24-13)33-20-9-4-16(11-19(20)28(31)32)12-23-27-21(30)17-5-7-18(8-6-17)26-15(3)29/h4-12H,1-3H3,(H,26,29)(H,27,30)/b23-12+. The third-order valence-electron chi connectivity index (χ3n) is 4.19. The zero-order chi connectivity index (χ0) is 24.0. The maximum atomic E-state index is 12.2. The van der Waals surface area contributed by atoms with Crippen LogP contribution in [0.2, 0.25) is 0 Å². The number of hydrogen-bond acceptors (Lipinski definition) is 8. The number of nitrogens with zero attached hydrogens (tertiary/aromatic N) is 4. The maximum Gasteiger partial charge on any atom is 0.283 e. The van der Waals surface area contributed by atoms with Gasteiger partial charge in [-0.3, -0.25) is 19.7 Å². The molecule has 0 aliphatic rings. The molecule has 0 radical (unpaired) electrons. The molecule has 0 aliphatic heterocycles. The van der Waals surface area contributed by atoms with Gasteiger partial charge in [0.05, 0.1) is 16.0 Å². The molecule has 10 nitrogen and oxygen atoms in total. The van der Waals surface area contributed by atoms with Crippen molar-refractivity contribution in [1.82, 2.24) is 15.4 Å². The number of carbonyl (C=O) groups is 2. The lowest BCUT2D eigenvalue weighted by Gasteiger charge is -2.05. The number of benzene rings is 2. The summed E-state index contributed by atoms with van der Waals surface area (Å²) < 4.78 is 0. The van der Waals surface area contributed by atoms with Gasteiger partial charge in [0.15, 0.2) is 5.16 Å². The van der Waals surface area contributed by atoms with Gasteiger partial charge in [-0.1, -0.05) is 6.07 Å². The van der Waals surface area contributed by atoms with E-state index in [2.05, 4.69) is 25.8 Å². The number of aromatic nitrogens is 2. The monoisotopic (exact) mass is 464 g/mol. The minimum atomic E-state index is -0.489. The molecule has 0 fully saturated rings. The minimum Gasteiger partial charge on any atom is -0.326 e. The number of hydrazone groups is 1.